The van der Waals surface area contributed by atoms with Crippen molar-refractivity contribution in [2.45, 2.75) is 12.8 Å². The van der Waals surface area contributed by atoms with Crippen LogP contribution in [0.15, 0.2) is 18.3 Å². The molecule has 0 aliphatic rings. The first kappa shape index (κ1) is 9.67. The van der Waals surface area contributed by atoms with Crippen molar-refractivity contribution < 1.29 is 9.90 Å². The molecular weight excluding hydrogens is 168 g/mol. The van der Waals surface area contributed by atoms with Crippen molar-refractivity contribution in [2.24, 2.45) is 0 Å². The highest BCUT2D eigenvalue weighted by Gasteiger charge is 2.08. The molecule has 13 heavy (non-hydrogen) atoms. The predicted molar refractivity (Wildman–Crippen MR) is 49.3 cm³/mol. The summed E-state index contributed by atoms with van der Waals surface area (Å²) in [5.41, 5.74) is 5.94. The molecule has 0 atom stereocenters. The molecule has 0 aromatic carbocycles. The van der Waals surface area contributed by atoms with Crippen molar-refractivity contribution in [1.82, 2.24) is 4.98 Å². The Balaban J connectivity index is 2.71. The molecule has 1 heterocycles. The first-order valence-electron chi connectivity index (χ1n) is 4.10. The summed E-state index contributed by atoms with van der Waals surface area (Å²) in [6.45, 7) is 0.0197. The SMILES string of the molecule is Nc1ncccc1C(=O)CCCO. The van der Waals surface area contributed by atoms with Gasteiger partial charge < -0.3 is 10.8 Å². The molecule has 0 fully saturated rings. The topological polar surface area (TPSA) is 76.2 Å². The number of ketones is 1. The lowest BCUT2D eigenvalue weighted by atomic mass is 10.1. The second-order valence-corrected chi connectivity index (χ2v) is 2.69. The van der Waals surface area contributed by atoms with Crippen LogP contribution in [0.25, 0.3) is 0 Å². The molecule has 3 N–H and O–H groups in total. The summed E-state index contributed by atoms with van der Waals surface area (Å²) < 4.78 is 0. The van der Waals surface area contributed by atoms with Crippen molar-refractivity contribution in [3.05, 3.63) is 23.9 Å². The summed E-state index contributed by atoms with van der Waals surface area (Å²) >= 11 is 0. The molecular formula is C9H12N2O2. The van der Waals surface area contributed by atoms with Gasteiger partial charge in [0.05, 0.1) is 5.56 Å². The third-order valence-corrected chi connectivity index (χ3v) is 1.70. The zero-order chi connectivity index (χ0) is 9.68. The van der Waals surface area contributed by atoms with E-state index in [1.165, 1.54) is 6.20 Å². The number of carbonyl (C=O) groups excluding carboxylic acids is 1. The predicted octanol–water partition coefficient (Wildman–Crippen LogP) is 0.619. The lowest BCUT2D eigenvalue weighted by Crippen LogP contribution is -2.05. The Morgan fingerprint density at radius 3 is 3.00 bits per heavy atom. The van der Waals surface area contributed by atoms with Gasteiger partial charge in [-0.1, -0.05) is 0 Å². The van der Waals surface area contributed by atoms with E-state index in [0.29, 0.717) is 18.4 Å². The van der Waals surface area contributed by atoms with Gasteiger partial charge in [-0.15, -0.1) is 0 Å². The van der Waals surface area contributed by atoms with Crippen molar-refractivity contribution in [2.75, 3.05) is 12.3 Å². The molecule has 4 nitrogen and oxygen atoms in total. The molecule has 1 aromatic rings. The van der Waals surface area contributed by atoms with Crippen LogP contribution in [-0.2, 0) is 0 Å². The molecule has 0 bridgehead atoms. The van der Waals surface area contributed by atoms with Gasteiger partial charge >= 0.3 is 0 Å². The van der Waals surface area contributed by atoms with Crippen molar-refractivity contribution in [3.63, 3.8) is 0 Å². The average molecular weight is 180 g/mol. The Hall–Kier alpha value is -1.42. The summed E-state index contributed by atoms with van der Waals surface area (Å²) in [4.78, 5) is 15.2. The number of anilines is 1. The van der Waals surface area contributed by atoms with Crippen LogP contribution in [0.5, 0.6) is 0 Å². The van der Waals surface area contributed by atoms with E-state index in [2.05, 4.69) is 4.98 Å². The first-order chi connectivity index (χ1) is 6.25. The van der Waals surface area contributed by atoms with Gasteiger partial charge in [0.15, 0.2) is 5.78 Å². The fraction of sp³-hybridized carbons (Fsp3) is 0.333. The lowest BCUT2D eigenvalue weighted by Gasteiger charge is -2.01. The highest BCUT2D eigenvalue weighted by Crippen LogP contribution is 2.10. The van der Waals surface area contributed by atoms with Gasteiger partial charge in [0, 0.05) is 19.2 Å². The number of nitrogens with zero attached hydrogens (tertiary/aromatic N) is 1. The fourth-order valence-corrected chi connectivity index (χ4v) is 1.03. The van der Waals surface area contributed by atoms with Gasteiger partial charge in [-0.2, -0.15) is 0 Å². The van der Waals surface area contributed by atoms with Gasteiger partial charge in [0.1, 0.15) is 5.82 Å². The molecule has 0 aliphatic carbocycles. The third-order valence-electron chi connectivity index (χ3n) is 1.70. The van der Waals surface area contributed by atoms with Crippen molar-refractivity contribution >= 4 is 11.6 Å². The summed E-state index contributed by atoms with van der Waals surface area (Å²) in [7, 11) is 0. The van der Waals surface area contributed by atoms with Crippen LogP contribution >= 0.6 is 0 Å². The summed E-state index contributed by atoms with van der Waals surface area (Å²) in [5.74, 6) is 0.185. The Kier molecular flexibility index (Phi) is 3.40. The second kappa shape index (κ2) is 4.57. The average Bonchev–Trinajstić information content (AvgIpc) is 2.15. The van der Waals surface area contributed by atoms with Crippen molar-refractivity contribution in [3.8, 4) is 0 Å². The maximum atomic E-state index is 11.4. The van der Waals surface area contributed by atoms with Crippen LogP contribution in [-0.4, -0.2) is 22.5 Å². The van der Waals surface area contributed by atoms with E-state index in [1.807, 2.05) is 0 Å². The lowest BCUT2D eigenvalue weighted by molar-refractivity contribution is 0.0972. The highest BCUT2D eigenvalue weighted by molar-refractivity contribution is 5.99. The van der Waals surface area contributed by atoms with E-state index < -0.39 is 0 Å². The van der Waals surface area contributed by atoms with Gasteiger partial charge in [0.25, 0.3) is 0 Å². The number of Topliss-reactive ketones (excluding diaryl/α,β-unsaturated/α-hetero) is 1. The Bertz CT molecular complexity index is 299. The minimum atomic E-state index is -0.0698. The van der Waals surface area contributed by atoms with Crippen LogP contribution in [0.2, 0.25) is 0 Å². The van der Waals surface area contributed by atoms with Crippen LogP contribution in [0.4, 0.5) is 5.82 Å². The minimum absolute atomic E-state index is 0.0197. The first-order valence-corrected chi connectivity index (χ1v) is 4.10. The number of aromatic nitrogens is 1. The molecule has 1 aromatic heterocycles. The van der Waals surface area contributed by atoms with Gasteiger partial charge in [-0.05, 0) is 18.6 Å². The number of aliphatic hydroxyl groups excluding tert-OH is 1. The quantitative estimate of drug-likeness (QED) is 0.666. The van der Waals surface area contributed by atoms with Crippen LogP contribution < -0.4 is 5.73 Å². The summed E-state index contributed by atoms with van der Waals surface area (Å²) in [5, 5.41) is 8.53. The molecule has 0 amide bonds. The standard InChI is InChI=1S/C9H12N2O2/c10-9-7(3-1-5-11-9)8(13)4-2-6-12/h1,3,5,12H,2,4,6H2,(H2,10,11). The zero-order valence-electron chi connectivity index (χ0n) is 7.23. The molecule has 4 heteroatoms. The third kappa shape index (κ3) is 2.52. The van der Waals surface area contributed by atoms with Crippen LogP contribution in [0.1, 0.15) is 23.2 Å². The normalized spacial score (nSPS) is 9.92. The number of aliphatic hydroxyl groups is 1. The monoisotopic (exact) mass is 180 g/mol. The molecule has 70 valence electrons. The largest absolute Gasteiger partial charge is 0.396 e. The number of carbonyl (C=O) groups is 1. The highest BCUT2D eigenvalue weighted by atomic mass is 16.3. The molecule has 0 unspecified atom stereocenters. The number of rotatable bonds is 4. The van der Waals surface area contributed by atoms with E-state index >= 15 is 0 Å². The van der Waals surface area contributed by atoms with Crippen molar-refractivity contribution in [1.29, 1.82) is 0 Å². The van der Waals surface area contributed by atoms with Gasteiger partial charge in [-0.25, -0.2) is 4.98 Å². The zero-order valence-corrected chi connectivity index (χ0v) is 7.23. The number of pyridine rings is 1. The van der Waals surface area contributed by atoms with E-state index in [1.54, 1.807) is 12.1 Å². The fourth-order valence-electron chi connectivity index (χ4n) is 1.03. The maximum absolute atomic E-state index is 11.4. The van der Waals surface area contributed by atoms with Crippen LogP contribution in [0.3, 0.4) is 0 Å². The van der Waals surface area contributed by atoms with Gasteiger partial charge in [0.2, 0.25) is 0 Å². The van der Waals surface area contributed by atoms with Gasteiger partial charge in [-0.3, -0.25) is 4.79 Å². The van der Waals surface area contributed by atoms with E-state index in [9.17, 15) is 4.79 Å². The summed E-state index contributed by atoms with van der Waals surface area (Å²) in [6.07, 6.45) is 2.32. The van der Waals surface area contributed by atoms with E-state index in [-0.39, 0.29) is 18.2 Å². The number of nitrogen functional groups attached to an aromatic ring is 1. The molecule has 0 aliphatic heterocycles. The Labute approximate surface area is 76.4 Å². The Morgan fingerprint density at radius 2 is 2.38 bits per heavy atom. The van der Waals surface area contributed by atoms with E-state index in [4.69, 9.17) is 10.8 Å². The maximum Gasteiger partial charge on any atom is 0.166 e. The molecule has 1 rings (SSSR count). The number of hydrogen-bond acceptors (Lipinski definition) is 4. The number of hydrogen-bond donors (Lipinski definition) is 2. The Morgan fingerprint density at radius 1 is 1.62 bits per heavy atom. The minimum Gasteiger partial charge on any atom is -0.396 e. The molecule has 0 saturated carbocycles. The smallest absolute Gasteiger partial charge is 0.166 e. The molecule has 0 saturated heterocycles. The molecule has 0 spiro atoms. The summed E-state index contributed by atoms with van der Waals surface area (Å²) in [6, 6.07) is 3.31. The molecule has 0 radical (unpaired) electrons. The second-order valence-electron chi connectivity index (χ2n) is 2.69. The number of nitrogens with two attached hydrogens (primary N) is 1. The van der Waals surface area contributed by atoms with Crippen LogP contribution in [0, 0.1) is 0 Å². The van der Waals surface area contributed by atoms with E-state index in [0.717, 1.165) is 0 Å².